The molecule has 0 aromatic rings. The number of amides is 1. The second-order valence-electron chi connectivity index (χ2n) is 4.67. The minimum atomic E-state index is -0.523. The van der Waals surface area contributed by atoms with E-state index in [2.05, 4.69) is 4.90 Å². The largest absolute Gasteiger partial charge is 0.378 e. The summed E-state index contributed by atoms with van der Waals surface area (Å²) in [6, 6.07) is 1.02. The Hall–Kier alpha value is -0.610. The number of aliphatic hydroxyl groups is 1. The number of carbonyl (C=O) groups is 1. The minimum absolute atomic E-state index is 0.136. The standard InChI is InChI=1S/C10H16N2O2/c13-9-5-10(14)12(8-3-4-8)6-11(9)7-1-2-7/h7-9,13H,1-6H2. The first-order valence-corrected chi connectivity index (χ1v) is 5.49. The predicted molar refractivity (Wildman–Crippen MR) is 50.2 cm³/mol. The van der Waals surface area contributed by atoms with Gasteiger partial charge in [-0.15, -0.1) is 0 Å². The monoisotopic (exact) mass is 196 g/mol. The van der Waals surface area contributed by atoms with Crippen LogP contribution in [0.3, 0.4) is 0 Å². The molecule has 1 N–H and O–H groups in total. The summed E-state index contributed by atoms with van der Waals surface area (Å²) in [6.45, 7) is 0.662. The van der Waals surface area contributed by atoms with E-state index in [1.165, 1.54) is 12.8 Å². The van der Waals surface area contributed by atoms with Gasteiger partial charge in [0.2, 0.25) is 5.91 Å². The van der Waals surface area contributed by atoms with Gasteiger partial charge in [-0.05, 0) is 25.7 Å². The van der Waals surface area contributed by atoms with Crippen LogP contribution >= 0.6 is 0 Å². The smallest absolute Gasteiger partial charge is 0.227 e. The SMILES string of the molecule is O=C1CC(O)N(C2CC2)CN1C1CC1. The molecule has 14 heavy (non-hydrogen) atoms. The molecule has 1 aliphatic heterocycles. The Bertz CT molecular complexity index is 261. The van der Waals surface area contributed by atoms with Crippen LogP contribution in [0.2, 0.25) is 0 Å². The third-order valence-corrected chi connectivity index (χ3v) is 3.38. The van der Waals surface area contributed by atoms with Gasteiger partial charge in [-0.25, -0.2) is 0 Å². The predicted octanol–water partition coefficient (Wildman–Crippen LogP) is 0.121. The van der Waals surface area contributed by atoms with E-state index in [-0.39, 0.29) is 5.91 Å². The van der Waals surface area contributed by atoms with Gasteiger partial charge < -0.3 is 10.0 Å². The first-order valence-electron chi connectivity index (χ1n) is 5.49. The van der Waals surface area contributed by atoms with Crippen LogP contribution in [0.15, 0.2) is 0 Å². The highest BCUT2D eigenvalue weighted by Crippen LogP contribution is 2.35. The van der Waals surface area contributed by atoms with Crippen molar-refractivity contribution in [1.82, 2.24) is 9.80 Å². The van der Waals surface area contributed by atoms with Crippen LogP contribution in [0.1, 0.15) is 32.1 Å². The average molecular weight is 196 g/mol. The van der Waals surface area contributed by atoms with Gasteiger partial charge >= 0.3 is 0 Å². The summed E-state index contributed by atoms with van der Waals surface area (Å²) in [5.74, 6) is 0.136. The maximum atomic E-state index is 11.6. The molecule has 0 spiro atoms. The van der Waals surface area contributed by atoms with Crippen molar-refractivity contribution in [3.05, 3.63) is 0 Å². The van der Waals surface area contributed by atoms with Crippen LogP contribution in [0, 0.1) is 0 Å². The molecule has 2 saturated carbocycles. The van der Waals surface area contributed by atoms with Crippen LogP contribution in [0.25, 0.3) is 0 Å². The van der Waals surface area contributed by atoms with E-state index in [0.717, 1.165) is 12.8 Å². The molecular formula is C10H16N2O2. The first-order chi connectivity index (χ1) is 6.75. The molecule has 1 saturated heterocycles. The topological polar surface area (TPSA) is 43.8 Å². The summed E-state index contributed by atoms with van der Waals surface area (Å²) < 4.78 is 0. The first kappa shape index (κ1) is 8.68. The highest BCUT2D eigenvalue weighted by molar-refractivity contribution is 5.78. The fourth-order valence-electron chi connectivity index (χ4n) is 2.21. The lowest BCUT2D eigenvalue weighted by atomic mass is 10.2. The average Bonchev–Trinajstić information content (AvgIpc) is 3.00. The third-order valence-electron chi connectivity index (χ3n) is 3.38. The van der Waals surface area contributed by atoms with Crippen molar-refractivity contribution in [3.63, 3.8) is 0 Å². The van der Waals surface area contributed by atoms with Crippen molar-refractivity contribution in [2.24, 2.45) is 0 Å². The van der Waals surface area contributed by atoms with Crippen molar-refractivity contribution in [3.8, 4) is 0 Å². The molecule has 0 bridgehead atoms. The molecule has 0 aromatic carbocycles. The van der Waals surface area contributed by atoms with E-state index in [9.17, 15) is 9.90 Å². The zero-order chi connectivity index (χ0) is 9.71. The summed E-state index contributed by atoms with van der Waals surface area (Å²) in [7, 11) is 0. The van der Waals surface area contributed by atoms with Crippen molar-refractivity contribution < 1.29 is 9.90 Å². The zero-order valence-electron chi connectivity index (χ0n) is 8.22. The van der Waals surface area contributed by atoms with Crippen molar-refractivity contribution in [2.75, 3.05) is 6.67 Å². The van der Waals surface area contributed by atoms with Crippen molar-refractivity contribution in [1.29, 1.82) is 0 Å². The van der Waals surface area contributed by atoms with Gasteiger partial charge in [0.15, 0.2) is 0 Å². The Kier molecular flexibility index (Phi) is 1.82. The van der Waals surface area contributed by atoms with Crippen molar-refractivity contribution in [2.45, 2.75) is 50.4 Å². The Labute approximate surface area is 83.5 Å². The molecule has 0 aromatic heterocycles. The lowest BCUT2D eigenvalue weighted by molar-refractivity contribution is -0.153. The van der Waals surface area contributed by atoms with Crippen LogP contribution in [0.5, 0.6) is 0 Å². The summed E-state index contributed by atoms with van der Waals surface area (Å²) in [5, 5.41) is 9.75. The molecule has 3 fully saturated rings. The van der Waals surface area contributed by atoms with Gasteiger partial charge in [0.1, 0.15) is 6.23 Å². The van der Waals surface area contributed by atoms with Crippen molar-refractivity contribution >= 4 is 5.91 Å². The summed E-state index contributed by atoms with van der Waals surface area (Å²) >= 11 is 0. The van der Waals surface area contributed by atoms with E-state index >= 15 is 0 Å². The van der Waals surface area contributed by atoms with E-state index in [4.69, 9.17) is 0 Å². The van der Waals surface area contributed by atoms with Crippen LogP contribution in [-0.4, -0.2) is 45.8 Å². The number of rotatable bonds is 2. The van der Waals surface area contributed by atoms with Crippen LogP contribution < -0.4 is 0 Å². The van der Waals surface area contributed by atoms with Gasteiger partial charge in [-0.2, -0.15) is 0 Å². The Balaban J connectivity index is 1.71. The minimum Gasteiger partial charge on any atom is -0.378 e. The fraction of sp³-hybridized carbons (Fsp3) is 0.900. The molecule has 1 unspecified atom stereocenters. The molecule has 4 heteroatoms. The molecule has 4 nitrogen and oxygen atoms in total. The highest BCUT2D eigenvalue weighted by Gasteiger charge is 2.43. The Morgan fingerprint density at radius 2 is 1.79 bits per heavy atom. The zero-order valence-corrected chi connectivity index (χ0v) is 8.22. The lowest BCUT2D eigenvalue weighted by Gasteiger charge is -2.39. The normalized spacial score (nSPS) is 35.1. The molecule has 1 amide bonds. The molecule has 1 atom stereocenters. The molecule has 0 radical (unpaired) electrons. The molecule has 3 rings (SSSR count). The Morgan fingerprint density at radius 3 is 2.36 bits per heavy atom. The van der Waals surface area contributed by atoms with Gasteiger partial charge in [-0.3, -0.25) is 9.69 Å². The van der Waals surface area contributed by atoms with Gasteiger partial charge in [0, 0.05) is 12.1 Å². The third kappa shape index (κ3) is 1.42. The number of aliphatic hydroxyl groups excluding tert-OH is 1. The molecule has 2 aliphatic carbocycles. The molecule has 1 heterocycles. The van der Waals surface area contributed by atoms with Gasteiger partial charge in [-0.1, -0.05) is 0 Å². The fourth-order valence-corrected chi connectivity index (χ4v) is 2.21. The second kappa shape index (κ2) is 2.94. The number of hydrogen-bond donors (Lipinski definition) is 1. The van der Waals surface area contributed by atoms with E-state index < -0.39 is 6.23 Å². The molecular weight excluding hydrogens is 180 g/mol. The maximum absolute atomic E-state index is 11.6. The van der Waals surface area contributed by atoms with E-state index in [1.54, 1.807) is 0 Å². The maximum Gasteiger partial charge on any atom is 0.227 e. The quantitative estimate of drug-likeness (QED) is 0.682. The number of nitrogens with zero attached hydrogens (tertiary/aromatic N) is 2. The summed E-state index contributed by atoms with van der Waals surface area (Å²) in [5.41, 5.74) is 0. The van der Waals surface area contributed by atoms with E-state index in [1.807, 2.05) is 4.90 Å². The van der Waals surface area contributed by atoms with Gasteiger partial charge in [0.05, 0.1) is 13.1 Å². The highest BCUT2D eigenvalue weighted by atomic mass is 16.3. The van der Waals surface area contributed by atoms with Crippen LogP contribution in [-0.2, 0) is 4.79 Å². The lowest BCUT2D eigenvalue weighted by Crippen LogP contribution is -2.54. The molecule has 3 aliphatic rings. The molecule has 78 valence electrons. The summed E-state index contributed by atoms with van der Waals surface area (Å²) in [6.07, 6.45) is 4.45. The second-order valence-corrected chi connectivity index (χ2v) is 4.67. The van der Waals surface area contributed by atoms with Gasteiger partial charge in [0.25, 0.3) is 0 Å². The summed E-state index contributed by atoms with van der Waals surface area (Å²) in [4.78, 5) is 15.6. The number of carbonyl (C=O) groups excluding carboxylic acids is 1. The van der Waals surface area contributed by atoms with E-state index in [0.29, 0.717) is 25.2 Å². The van der Waals surface area contributed by atoms with Crippen LogP contribution in [0.4, 0.5) is 0 Å². The number of hydrogen-bond acceptors (Lipinski definition) is 3. The Morgan fingerprint density at radius 1 is 1.14 bits per heavy atom.